The number of hydrogen-bond acceptors (Lipinski definition) is 4. The Morgan fingerprint density at radius 1 is 0.473 bits per heavy atom. The van der Waals surface area contributed by atoms with Gasteiger partial charge in [-0.2, -0.15) is 0 Å². The van der Waals surface area contributed by atoms with Gasteiger partial charge in [0.15, 0.2) is 0 Å². The van der Waals surface area contributed by atoms with Crippen LogP contribution in [0.25, 0.3) is 20.2 Å². The lowest BCUT2D eigenvalue weighted by atomic mass is 9.33. The van der Waals surface area contributed by atoms with Gasteiger partial charge in [0.1, 0.15) is 0 Å². The Bertz CT molecular complexity index is 3720. The Morgan fingerprint density at radius 2 is 1.03 bits per heavy atom. The van der Waals surface area contributed by atoms with Gasteiger partial charge in [-0.3, -0.25) is 0 Å². The Labute approximate surface area is 445 Å². The molecule has 5 heteroatoms. The second kappa shape index (κ2) is 16.2. The molecule has 0 saturated heterocycles. The summed E-state index contributed by atoms with van der Waals surface area (Å²) in [5, 5.41) is 2.64. The van der Waals surface area contributed by atoms with E-state index in [1.165, 1.54) is 117 Å². The van der Waals surface area contributed by atoms with Crippen LogP contribution in [-0.4, -0.2) is 6.71 Å². The molecule has 0 amide bonds. The van der Waals surface area contributed by atoms with Gasteiger partial charge in [0.2, 0.25) is 0 Å². The van der Waals surface area contributed by atoms with Crippen LogP contribution in [0.4, 0.5) is 51.2 Å². The highest BCUT2D eigenvalue weighted by Crippen LogP contribution is 2.55. The highest BCUT2D eigenvalue weighted by atomic mass is 32.1. The number of anilines is 9. The van der Waals surface area contributed by atoms with Crippen molar-refractivity contribution < 1.29 is 0 Å². The van der Waals surface area contributed by atoms with E-state index >= 15 is 0 Å². The molecule has 0 N–H and O–H groups in total. The SMILES string of the molecule is Cc1cc2c3c(c1)N(c1ccc(C(C)(C)C)c4sc5ccccc5c14)c1cc(N(c4ccccc4)c4ccccc4)ccc1B3c1cc3c(cc1N2c1ccc2c(c1)C(C)(C)CCC2(C)C)C(C)(C)CCC3(C)C. The van der Waals surface area contributed by atoms with Crippen molar-refractivity contribution in [1.82, 2.24) is 0 Å². The molecule has 3 nitrogen and oxygen atoms in total. The first kappa shape index (κ1) is 47.2. The van der Waals surface area contributed by atoms with Gasteiger partial charge in [0.25, 0.3) is 6.71 Å². The predicted octanol–water partition coefficient (Wildman–Crippen LogP) is 17.9. The lowest BCUT2D eigenvalue weighted by Crippen LogP contribution is -2.62. The van der Waals surface area contributed by atoms with Crippen molar-refractivity contribution in [2.45, 2.75) is 136 Å². The molecular weight excluding hydrogens is 914 g/mol. The van der Waals surface area contributed by atoms with Crippen LogP contribution in [-0.2, 0) is 27.1 Å². The second-order valence-corrected chi connectivity index (χ2v) is 27.0. The molecule has 1 aromatic heterocycles. The van der Waals surface area contributed by atoms with E-state index in [-0.39, 0.29) is 33.8 Å². The van der Waals surface area contributed by atoms with Crippen molar-refractivity contribution in [3.63, 3.8) is 0 Å². The summed E-state index contributed by atoms with van der Waals surface area (Å²) in [4.78, 5) is 7.83. The van der Waals surface area contributed by atoms with E-state index in [1.807, 2.05) is 11.3 Å². The number of benzene rings is 8. The number of aryl methyl sites for hydroxylation is 1. The zero-order valence-electron chi connectivity index (χ0n) is 45.7. The number of nitrogens with zero attached hydrogens (tertiary/aromatic N) is 3. The number of para-hydroxylation sites is 2. The summed E-state index contributed by atoms with van der Waals surface area (Å²) in [5.41, 5.74) is 23.9. The first-order valence-electron chi connectivity index (χ1n) is 27.3. The normalized spacial score (nSPS) is 17.6. The van der Waals surface area contributed by atoms with Crippen LogP contribution in [0.1, 0.15) is 135 Å². The lowest BCUT2D eigenvalue weighted by Gasteiger charge is -2.48. The zero-order valence-corrected chi connectivity index (χ0v) is 46.5. The predicted molar refractivity (Wildman–Crippen MR) is 322 cm³/mol. The highest BCUT2D eigenvalue weighted by molar-refractivity contribution is 7.26. The molecule has 74 heavy (non-hydrogen) atoms. The van der Waals surface area contributed by atoms with E-state index in [0.717, 1.165) is 29.9 Å². The molecule has 3 heterocycles. The maximum Gasteiger partial charge on any atom is 0.252 e. The molecule has 0 fully saturated rings. The summed E-state index contributed by atoms with van der Waals surface area (Å²) < 4.78 is 2.69. The summed E-state index contributed by atoms with van der Waals surface area (Å²) in [5.74, 6) is 0. The van der Waals surface area contributed by atoms with Crippen molar-refractivity contribution in [3.05, 3.63) is 191 Å². The molecule has 0 radical (unpaired) electrons. The maximum absolute atomic E-state index is 2.70. The average Bonchev–Trinajstić information content (AvgIpc) is 3.79. The summed E-state index contributed by atoms with van der Waals surface area (Å²) in [7, 11) is 0. The Kier molecular flexibility index (Phi) is 10.3. The Hall–Kier alpha value is -6.56. The van der Waals surface area contributed by atoms with Crippen molar-refractivity contribution in [2.75, 3.05) is 14.7 Å². The minimum atomic E-state index is -0.0472. The smallest absolute Gasteiger partial charge is 0.252 e. The number of rotatable bonds is 5. The first-order chi connectivity index (χ1) is 35.2. The largest absolute Gasteiger partial charge is 0.311 e. The van der Waals surface area contributed by atoms with Crippen molar-refractivity contribution >= 4 is 106 Å². The molecule has 370 valence electrons. The number of hydrogen-bond donors (Lipinski definition) is 0. The van der Waals surface area contributed by atoms with Crippen LogP contribution in [0.15, 0.2) is 158 Å². The quantitative estimate of drug-likeness (QED) is 0.159. The molecular formula is C69H70BN3S. The van der Waals surface area contributed by atoms with Crippen LogP contribution in [0.3, 0.4) is 0 Å². The van der Waals surface area contributed by atoms with Crippen LogP contribution in [0, 0.1) is 6.92 Å². The molecule has 2 aliphatic carbocycles. The second-order valence-electron chi connectivity index (χ2n) is 26.0. The lowest BCUT2D eigenvalue weighted by molar-refractivity contribution is 0.332. The van der Waals surface area contributed by atoms with E-state index in [9.17, 15) is 0 Å². The van der Waals surface area contributed by atoms with E-state index in [0.29, 0.717) is 0 Å². The van der Waals surface area contributed by atoms with Gasteiger partial charge in [0.05, 0.1) is 5.69 Å². The maximum atomic E-state index is 2.70. The van der Waals surface area contributed by atoms with Crippen LogP contribution in [0.5, 0.6) is 0 Å². The van der Waals surface area contributed by atoms with Crippen LogP contribution >= 0.6 is 11.3 Å². The fourth-order valence-corrected chi connectivity index (χ4v) is 15.2. The third kappa shape index (κ3) is 7.12. The molecule has 0 spiro atoms. The monoisotopic (exact) mass is 984 g/mol. The molecule has 2 aliphatic heterocycles. The van der Waals surface area contributed by atoms with Gasteiger partial charge in [-0.25, -0.2) is 0 Å². The fraction of sp³-hybridized carbons (Fsp3) is 0.304. The molecule has 0 bridgehead atoms. The van der Waals surface area contributed by atoms with Gasteiger partial charge in [0, 0.05) is 65.7 Å². The molecule has 13 rings (SSSR count). The minimum absolute atomic E-state index is 0.0169. The minimum Gasteiger partial charge on any atom is -0.311 e. The van der Waals surface area contributed by atoms with Crippen LogP contribution in [0.2, 0.25) is 0 Å². The van der Waals surface area contributed by atoms with Crippen molar-refractivity contribution in [2.24, 2.45) is 0 Å². The first-order valence-corrected chi connectivity index (χ1v) is 28.1. The number of fused-ring (bicyclic) bond motifs is 9. The average molecular weight is 984 g/mol. The van der Waals surface area contributed by atoms with E-state index < -0.39 is 0 Å². The van der Waals surface area contributed by atoms with E-state index in [1.54, 1.807) is 0 Å². The topological polar surface area (TPSA) is 9.72 Å². The molecule has 0 unspecified atom stereocenters. The van der Waals surface area contributed by atoms with Crippen molar-refractivity contribution in [1.29, 1.82) is 0 Å². The summed E-state index contributed by atoms with van der Waals surface area (Å²) >= 11 is 1.95. The van der Waals surface area contributed by atoms with E-state index in [4.69, 9.17) is 0 Å². The zero-order chi connectivity index (χ0) is 51.4. The Morgan fingerprint density at radius 3 is 1.66 bits per heavy atom. The molecule has 0 atom stereocenters. The third-order valence-corrected chi connectivity index (χ3v) is 19.3. The summed E-state index contributed by atoms with van der Waals surface area (Å²) in [6.45, 7) is 29.2. The van der Waals surface area contributed by atoms with Gasteiger partial charge in [-0.15, -0.1) is 11.3 Å². The van der Waals surface area contributed by atoms with E-state index in [2.05, 4.69) is 256 Å². The third-order valence-electron chi connectivity index (χ3n) is 18.1. The molecule has 9 aromatic rings. The number of thiophene rings is 1. The van der Waals surface area contributed by atoms with Crippen molar-refractivity contribution in [3.8, 4) is 0 Å². The van der Waals surface area contributed by atoms with Gasteiger partial charge in [-0.1, -0.05) is 155 Å². The van der Waals surface area contributed by atoms with Gasteiger partial charge in [-0.05, 0) is 188 Å². The van der Waals surface area contributed by atoms with Crippen LogP contribution < -0.4 is 31.1 Å². The molecule has 4 aliphatic rings. The molecule has 0 saturated carbocycles. The van der Waals surface area contributed by atoms with Gasteiger partial charge >= 0.3 is 0 Å². The molecule has 8 aromatic carbocycles. The standard InChI is InChI=1S/C69H70BN3S/c1-43-37-59-63-60(38-43)73(56-32-30-50(65(2,3)4)64-62(56)48-25-19-20-26-61(48)74-64)57-40-47(71(44-21-15-13-16-22-44)45-23-17-14-18-24-45)28-31-54(57)70(63)55-41-52-53(69(11,12)36-35-68(52,9)10)42-58(55)72(59)46-27-29-49-51(39-46)67(7,8)34-33-66(49,5)6/h13-32,37-42H,33-36H2,1-12H3. The highest BCUT2D eigenvalue weighted by Gasteiger charge is 2.48. The summed E-state index contributed by atoms with van der Waals surface area (Å²) in [6.07, 6.45) is 4.69. The van der Waals surface area contributed by atoms with Gasteiger partial charge < -0.3 is 14.7 Å². The summed E-state index contributed by atoms with van der Waals surface area (Å²) in [6, 6.07) is 61.2. The fourth-order valence-electron chi connectivity index (χ4n) is 13.8. The Balaban J connectivity index is 1.16.